The van der Waals surface area contributed by atoms with E-state index in [1.165, 1.54) is 10.4 Å². The van der Waals surface area contributed by atoms with E-state index in [1.54, 1.807) is 0 Å². The summed E-state index contributed by atoms with van der Waals surface area (Å²) in [5.74, 6) is 0. The van der Waals surface area contributed by atoms with Gasteiger partial charge in [0, 0.05) is 12.7 Å². The molecule has 2 aromatic rings. The van der Waals surface area contributed by atoms with E-state index in [9.17, 15) is 0 Å². The van der Waals surface area contributed by atoms with Crippen molar-refractivity contribution < 1.29 is 8.85 Å². The van der Waals surface area contributed by atoms with Crippen LogP contribution >= 0.6 is 0 Å². The zero-order valence-electron chi connectivity index (χ0n) is 19.5. The molecule has 2 aromatic carbocycles. The molecule has 0 N–H and O–H groups in total. The van der Waals surface area contributed by atoms with Crippen LogP contribution in [0.15, 0.2) is 60.7 Å². The number of unbranched alkanes of at least 4 members (excludes halogenated alkanes) is 1. The van der Waals surface area contributed by atoms with Crippen LogP contribution in [0.2, 0.25) is 24.7 Å². The molecule has 2 rings (SSSR count). The van der Waals surface area contributed by atoms with Crippen LogP contribution < -0.4 is 10.4 Å². The summed E-state index contributed by atoms with van der Waals surface area (Å²) in [5, 5.41) is 2.76. The van der Waals surface area contributed by atoms with Crippen molar-refractivity contribution in [1.82, 2.24) is 0 Å². The lowest BCUT2D eigenvalue weighted by molar-refractivity contribution is 0.194. The molecule has 0 heterocycles. The lowest BCUT2D eigenvalue weighted by Gasteiger charge is -2.43. The highest BCUT2D eigenvalue weighted by Crippen LogP contribution is 2.36. The van der Waals surface area contributed by atoms with Crippen molar-refractivity contribution in [3.63, 3.8) is 0 Å². The van der Waals surface area contributed by atoms with Crippen LogP contribution in [0, 0.1) is 0 Å². The first-order valence-electron chi connectivity index (χ1n) is 11.0. The third-order valence-electron chi connectivity index (χ3n) is 5.30. The van der Waals surface area contributed by atoms with Gasteiger partial charge in [-0.25, -0.2) is 0 Å². The van der Waals surface area contributed by atoms with E-state index in [-0.39, 0.29) is 5.04 Å². The van der Waals surface area contributed by atoms with E-state index in [2.05, 4.69) is 108 Å². The molecule has 160 valence electrons. The molecular formula is C25H40O2Si2. The summed E-state index contributed by atoms with van der Waals surface area (Å²) >= 11 is 0. The molecule has 1 unspecified atom stereocenters. The molecule has 0 fully saturated rings. The first-order chi connectivity index (χ1) is 13.6. The fourth-order valence-electron chi connectivity index (χ4n) is 4.18. The molecule has 1 atom stereocenters. The van der Waals surface area contributed by atoms with E-state index in [4.69, 9.17) is 8.85 Å². The van der Waals surface area contributed by atoms with Crippen molar-refractivity contribution >= 4 is 27.0 Å². The van der Waals surface area contributed by atoms with E-state index < -0.39 is 16.6 Å². The maximum Gasteiger partial charge on any atom is 0.261 e. The Bertz CT molecular complexity index is 678. The Balaban J connectivity index is 2.15. The minimum Gasteiger partial charge on any atom is -0.415 e. The maximum absolute atomic E-state index is 6.96. The van der Waals surface area contributed by atoms with Crippen molar-refractivity contribution in [1.29, 1.82) is 0 Å². The minimum absolute atomic E-state index is 0.0456. The van der Waals surface area contributed by atoms with Gasteiger partial charge in [-0.2, -0.15) is 0 Å². The van der Waals surface area contributed by atoms with E-state index >= 15 is 0 Å². The first-order valence-corrected chi connectivity index (χ1v) is 16.3. The van der Waals surface area contributed by atoms with Gasteiger partial charge in [0.1, 0.15) is 0 Å². The standard InChI is InChI=1S/C25H40O2Si2/c1-22(27-28(5,6)7)16-14-15-21-26-29(25(2,3)4,23-17-10-8-11-18-23)24-19-12-9-13-20-24/h8-13,17-20,22H,14-16,21H2,1-7H3. The Hall–Kier alpha value is -1.21. The Morgan fingerprint density at radius 1 is 0.793 bits per heavy atom. The third-order valence-corrected chi connectivity index (χ3v) is 11.4. The summed E-state index contributed by atoms with van der Waals surface area (Å²) in [6, 6.07) is 21.8. The number of hydrogen-bond donors (Lipinski definition) is 0. The monoisotopic (exact) mass is 428 g/mol. The number of hydrogen-bond acceptors (Lipinski definition) is 2. The predicted octanol–water partition coefficient (Wildman–Crippen LogP) is 5.97. The fourth-order valence-corrected chi connectivity index (χ4v) is 10.1. The quantitative estimate of drug-likeness (QED) is 0.343. The Morgan fingerprint density at radius 2 is 1.28 bits per heavy atom. The van der Waals surface area contributed by atoms with E-state index in [0.29, 0.717) is 6.10 Å². The summed E-state index contributed by atoms with van der Waals surface area (Å²) in [4.78, 5) is 0. The topological polar surface area (TPSA) is 18.5 Å². The van der Waals surface area contributed by atoms with Crippen LogP contribution in [0.25, 0.3) is 0 Å². The Morgan fingerprint density at radius 3 is 1.69 bits per heavy atom. The highest BCUT2D eigenvalue weighted by molar-refractivity contribution is 6.99. The molecule has 0 aliphatic rings. The molecule has 4 heteroatoms. The van der Waals surface area contributed by atoms with Crippen LogP contribution in [-0.2, 0) is 8.85 Å². The van der Waals surface area contributed by atoms with Crippen molar-refractivity contribution in [3.8, 4) is 0 Å². The molecule has 2 nitrogen and oxygen atoms in total. The molecule has 0 bridgehead atoms. The molecule has 0 aliphatic heterocycles. The van der Waals surface area contributed by atoms with E-state index in [1.807, 2.05) is 0 Å². The zero-order chi connectivity index (χ0) is 21.5. The molecule has 29 heavy (non-hydrogen) atoms. The normalized spacial score (nSPS) is 14.0. The first kappa shape index (κ1) is 24.1. The summed E-state index contributed by atoms with van der Waals surface area (Å²) < 4.78 is 13.1. The molecule has 0 saturated heterocycles. The van der Waals surface area contributed by atoms with Crippen molar-refractivity contribution in [3.05, 3.63) is 60.7 Å². The summed E-state index contributed by atoms with van der Waals surface area (Å²) in [6.45, 7) is 16.8. The van der Waals surface area contributed by atoms with Gasteiger partial charge >= 0.3 is 0 Å². The van der Waals surface area contributed by atoms with Crippen molar-refractivity contribution in [2.75, 3.05) is 6.61 Å². The van der Waals surface area contributed by atoms with Gasteiger partial charge in [-0.3, -0.25) is 0 Å². The number of benzene rings is 2. The SMILES string of the molecule is CC(CCCCO[Si](c1ccccc1)(c1ccccc1)C(C)(C)C)O[Si](C)(C)C. The molecule has 0 radical (unpaired) electrons. The maximum atomic E-state index is 6.96. The second-order valence-electron chi connectivity index (χ2n) is 10.0. The molecule has 0 spiro atoms. The van der Waals surface area contributed by atoms with Gasteiger partial charge < -0.3 is 8.85 Å². The zero-order valence-corrected chi connectivity index (χ0v) is 21.5. The number of rotatable bonds is 10. The highest BCUT2D eigenvalue weighted by atomic mass is 28.4. The lowest BCUT2D eigenvalue weighted by atomic mass is 10.2. The highest BCUT2D eigenvalue weighted by Gasteiger charge is 2.49. The largest absolute Gasteiger partial charge is 0.415 e. The van der Waals surface area contributed by atoms with Gasteiger partial charge in [0.2, 0.25) is 0 Å². The fraction of sp³-hybridized carbons (Fsp3) is 0.520. The average molecular weight is 429 g/mol. The van der Waals surface area contributed by atoms with Crippen LogP contribution in [-0.4, -0.2) is 29.3 Å². The third kappa shape index (κ3) is 6.64. The molecular weight excluding hydrogens is 388 g/mol. The van der Waals surface area contributed by atoms with Crippen molar-refractivity contribution in [2.45, 2.75) is 77.7 Å². The molecule has 0 saturated carbocycles. The minimum atomic E-state index is -2.39. The molecule has 0 amide bonds. The van der Waals surface area contributed by atoms with Crippen LogP contribution in [0.3, 0.4) is 0 Å². The van der Waals surface area contributed by atoms with Crippen LogP contribution in [0.1, 0.15) is 47.0 Å². The van der Waals surface area contributed by atoms with E-state index in [0.717, 1.165) is 25.9 Å². The van der Waals surface area contributed by atoms with Gasteiger partial charge in [0.25, 0.3) is 8.32 Å². The van der Waals surface area contributed by atoms with Gasteiger partial charge in [0.05, 0.1) is 0 Å². The van der Waals surface area contributed by atoms with Crippen molar-refractivity contribution in [2.24, 2.45) is 0 Å². The summed E-state index contributed by atoms with van der Waals surface area (Å²) in [6.07, 6.45) is 3.66. The van der Waals surface area contributed by atoms with Gasteiger partial charge in [-0.05, 0) is 61.2 Å². The Labute approximate surface area is 180 Å². The van der Waals surface area contributed by atoms with Crippen LogP contribution in [0.4, 0.5) is 0 Å². The molecule has 0 aliphatic carbocycles. The Kier molecular flexibility index (Phi) is 8.47. The summed E-state index contributed by atoms with van der Waals surface area (Å²) in [7, 11) is -3.85. The molecule has 0 aromatic heterocycles. The predicted molar refractivity (Wildman–Crippen MR) is 131 cm³/mol. The second-order valence-corrected chi connectivity index (χ2v) is 18.8. The van der Waals surface area contributed by atoms with Gasteiger partial charge in [-0.1, -0.05) is 81.4 Å². The summed E-state index contributed by atoms with van der Waals surface area (Å²) in [5.41, 5.74) is 0. The average Bonchev–Trinajstić information content (AvgIpc) is 2.63. The van der Waals surface area contributed by atoms with Gasteiger partial charge in [-0.15, -0.1) is 0 Å². The van der Waals surface area contributed by atoms with Gasteiger partial charge in [0.15, 0.2) is 8.32 Å². The van der Waals surface area contributed by atoms with Crippen LogP contribution in [0.5, 0.6) is 0 Å². The smallest absolute Gasteiger partial charge is 0.261 e. The second kappa shape index (κ2) is 10.2. The lowest BCUT2D eigenvalue weighted by Crippen LogP contribution is -2.66.